The topological polar surface area (TPSA) is 64.7 Å². The molecule has 0 saturated heterocycles. The summed E-state index contributed by atoms with van der Waals surface area (Å²) in [6.07, 6.45) is 0.772. The first kappa shape index (κ1) is 30.1. The maximum Gasteiger partial charge on any atom is 0.136 e. The molecule has 10 rings (SSSR count). The van der Waals surface area contributed by atoms with Crippen LogP contribution >= 0.6 is 0 Å². The Kier molecular flexibility index (Phi) is 6.93. The lowest BCUT2D eigenvalue weighted by atomic mass is 9.86. The van der Waals surface area contributed by atoms with Gasteiger partial charge in [0.25, 0.3) is 0 Å². The van der Waals surface area contributed by atoms with Gasteiger partial charge in [-0.25, -0.2) is 0 Å². The van der Waals surface area contributed by atoms with E-state index in [1.807, 2.05) is 24.3 Å². The standard InChI is InChI=1S/C47H32N4O/c1-28-29(2)45(48-38-27-32-19-9-10-21-34(32)41(28)38)44-46(36-22-12-11-20-33(36)30-15-5-3-6-16-30)49-51-50-47(44)43-35(31-17-7-4-8-18-31)25-26-40-42(43)37-23-13-14-24-39(37)52-40/h3-26H,27H2,1-2H3. The van der Waals surface area contributed by atoms with E-state index in [9.17, 15) is 0 Å². The van der Waals surface area contributed by atoms with Gasteiger partial charge in [-0.15, -0.1) is 10.2 Å². The van der Waals surface area contributed by atoms with Crippen LogP contribution in [0, 0.1) is 13.8 Å². The Morgan fingerprint density at radius 1 is 0.462 bits per heavy atom. The van der Waals surface area contributed by atoms with Crippen LogP contribution in [0.25, 0.3) is 89.1 Å². The molecule has 3 heterocycles. The van der Waals surface area contributed by atoms with Crippen molar-refractivity contribution in [2.75, 3.05) is 0 Å². The van der Waals surface area contributed by atoms with Gasteiger partial charge in [0.05, 0.1) is 17.0 Å². The maximum absolute atomic E-state index is 6.50. The van der Waals surface area contributed by atoms with E-state index in [0.29, 0.717) is 5.69 Å². The fourth-order valence-corrected chi connectivity index (χ4v) is 8.08. The average Bonchev–Trinajstić information content (AvgIpc) is 3.78. The fraction of sp³-hybridized carbons (Fsp3) is 0.0638. The van der Waals surface area contributed by atoms with E-state index in [1.54, 1.807) is 0 Å². The molecule has 52 heavy (non-hydrogen) atoms. The minimum Gasteiger partial charge on any atom is -0.456 e. The third-order valence-electron chi connectivity index (χ3n) is 10.6. The van der Waals surface area contributed by atoms with Crippen LogP contribution in [0.15, 0.2) is 150 Å². The number of para-hydroxylation sites is 1. The van der Waals surface area contributed by atoms with Gasteiger partial charge >= 0.3 is 0 Å². The van der Waals surface area contributed by atoms with E-state index in [1.165, 1.54) is 22.3 Å². The van der Waals surface area contributed by atoms with Crippen molar-refractivity contribution in [2.45, 2.75) is 20.3 Å². The van der Waals surface area contributed by atoms with Crippen LogP contribution in [0.4, 0.5) is 0 Å². The van der Waals surface area contributed by atoms with Crippen molar-refractivity contribution in [1.29, 1.82) is 0 Å². The minimum atomic E-state index is 0.717. The number of pyridine rings is 1. The molecule has 0 amide bonds. The van der Waals surface area contributed by atoms with E-state index in [2.05, 4.69) is 140 Å². The smallest absolute Gasteiger partial charge is 0.136 e. The van der Waals surface area contributed by atoms with E-state index in [0.717, 1.165) is 89.9 Å². The number of aromatic nitrogens is 4. The summed E-state index contributed by atoms with van der Waals surface area (Å²) >= 11 is 0. The van der Waals surface area contributed by atoms with Crippen molar-refractivity contribution in [3.8, 4) is 67.2 Å². The number of benzene rings is 6. The Morgan fingerprint density at radius 3 is 1.88 bits per heavy atom. The monoisotopic (exact) mass is 668 g/mol. The van der Waals surface area contributed by atoms with Gasteiger partial charge in [0.15, 0.2) is 0 Å². The highest BCUT2D eigenvalue weighted by Gasteiger charge is 2.30. The number of hydrogen-bond acceptors (Lipinski definition) is 5. The molecular formula is C47H32N4O. The summed E-state index contributed by atoms with van der Waals surface area (Å²) < 4.78 is 6.50. The van der Waals surface area contributed by atoms with Gasteiger partial charge in [-0.3, -0.25) is 4.98 Å². The number of furan rings is 1. The Labute approximate surface area is 301 Å². The van der Waals surface area contributed by atoms with E-state index in [4.69, 9.17) is 19.6 Å². The average molecular weight is 669 g/mol. The molecule has 5 nitrogen and oxygen atoms in total. The molecule has 0 atom stereocenters. The lowest BCUT2D eigenvalue weighted by Crippen LogP contribution is -2.06. The molecule has 0 radical (unpaired) electrons. The molecule has 0 spiro atoms. The van der Waals surface area contributed by atoms with Crippen LogP contribution in [-0.4, -0.2) is 20.4 Å². The van der Waals surface area contributed by atoms with E-state index >= 15 is 0 Å². The predicted molar refractivity (Wildman–Crippen MR) is 210 cm³/mol. The van der Waals surface area contributed by atoms with Crippen LogP contribution in [0.3, 0.4) is 0 Å². The second-order valence-corrected chi connectivity index (χ2v) is 13.5. The van der Waals surface area contributed by atoms with Gasteiger partial charge in [-0.05, 0) is 81.8 Å². The first-order valence-electron chi connectivity index (χ1n) is 17.6. The first-order chi connectivity index (χ1) is 25.7. The maximum atomic E-state index is 6.50. The highest BCUT2D eigenvalue weighted by molar-refractivity contribution is 6.17. The number of nitrogens with zero attached hydrogens (tertiary/aromatic N) is 4. The summed E-state index contributed by atoms with van der Waals surface area (Å²) in [7, 11) is 0. The molecule has 0 aliphatic heterocycles. The molecule has 6 aromatic carbocycles. The molecule has 1 aliphatic rings. The molecule has 3 aromatic heterocycles. The second-order valence-electron chi connectivity index (χ2n) is 13.5. The highest BCUT2D eigenvalue weighted by atomic mass is 16.3. The third kappa shape index (κ3) is 4.63. The molecule has 1 aliphatic carbocycles. The summed E-state index contributed by atoms with van der Waals surface area (Å²) in [5.41, 5.74) is 18.1. The van der Waals surface area contributed by atoms with Crippen LogP contribution in [0.2, 0.25) is 0 Å². The van der Waals surface area contributed by atoms with Crippen molar-refractivity contribution in [2.24, 2.45) is 0 Å². The summed E-state index contributed by atoms with van der Waals surface area (Å²) in [6, 6.07) is 50.5. The quantitative estimate of drug-likeness (QED) is 0.183. The molecule has 0 bridgehead atoms. The van der Waals surface area contributed by atoms with Crippen LogP contribution in [-0.2, 0) is 6.42 Å². The van der Waals surface area contributed by atoms with Gasteiger partial charge < -0.3 is 4.42 Å². The van der Waals surface area contributed by atoms with Crippen LogP contribution in [0.1, 0.15) is 22.4 Å². The largest absolute Gasteiger partial charge is 0.456 e. The molecule has 5 heteroatoms. The Hall–Kier alpha value is -6.72. The molecule has 9 aromatic rings. The number of hydrogen-bond donors (Lipinski definition) is 0. The molecule has 0 N–H and O–H groups in total. The molecule has 246 valence electrons. The molecular weight excluding hydrogens is 637 g/mol. The van der Waals surface area contributed by atoms with E-state index < -0.39 is 0 Å². The zero-order valence-electron chi connectivity index (χ0n) is 28.8. The summed E-state index contributed by atoms with van der Waals surface area (Å²) in [6.45, 7) is 4.41. The Bertz CT molecular complexity index is 2840. The van der Waals surface area contributed by atoms with Crippen LogP contribution in [0.5, 0.6) is 0 Å². The fourth-order valence-electron chi connectivity index (χ4n) is 8.08. The highest BCUT2D eigenvalue weighted by Crippen LogP contribution is 2.49. The third-order valence-corrected chi connectivity index (χ3v) is 10.6. The van der Waals surface area contributed by atoms with Gasteiger partial charge in [0, 0.05) is 33.9 Å². The lowest BCUT2D eigenvalue weighted by Gasteiger charge is -2.20. The SMILES string of the molecule is Cc1c(-c2c(-c3ccccc3-c3ccccc3)nnnc2-c2c(-c3ccccc3)ccc3oc4ccccc4c23)nc2c(c1C)-c1ccccc1C2. The second kappa shape index (κ2) is 12.0. The lowest BCUT2D eigenvalue weighted by molar-refractivity contribution is 0.669. The molecule has 0 saturated carbocycles. The zero-order valence-corrected chi connectivity index (χ0v) is 28.8. The van der Waals surface area contributed by atoms with Crippen molar-refractivity contribution < 1.29 is 4.42 Å². The number of rotatable bonds is 5. The molecule has 0 fully saturated rings. The van der Waals surface area contributed by atoms with E-state index in [-0.39, 0.29) is 0 Å². The van der Waals surface area contributed by atoms with Crippen LogP contribution < -0.4 is 0 Å². The molecule has 0 unspecified atom stereocenters. The predicted octanol–water partition coefficient (Wildman–Crippen LogP) is 11.7. The summed E-state index contributed by atoms with van der Waals surface area (Å²) in [4.78, 5) is 5.57. The van der Waals surface area contributed by atoms with Crippen molar-refractivity contribution in [1.82, 2.24) is 20.4 Å². The minimum absolute atomic E-state index is 0.717. The van der Waals surface area contributed by atoms with Gasteiger partial charge in [-0.2, -0.15) is 0 Å². The van der Waals surface area contributed by atoms with Crippen molar-refractivity contribution in [3.63, 3.8) is 0 Å². The zero-order chi connectivity index (χ0) is 34.8. The van der Waals surface area contributed by atoms with Gasteiger partial charge in [0.2, 0.25) is 0 Å². The number of fused-ring (bicyclic) bond motifs is 6. The van der Waals surface area contributed by atoms with Gasteiger partial charge in [-0.1, -0.05) is 127 Å². The Balaban J connectivity index is 1.36. The summed E-state index contributed by atoms with van der Waals surface area (Å²) in [5, 5.41) is 16.5. The van der Waals surface area contributed by atoms with Crippen molar-refractivity contribution in [3.05, 3.63) is 168 Å². The van der Waals surface area contributed by atoms with Crippen molar-refractivity contribution >= 4 is 21.9 Å². The normalized spacial score (nSPS) is 12.0. The van der Waals surface area contributed by atoms with Gasteiger partial charge in [0.1, 0.15) is 22.6 Å². The first-order valence-corrected chi connectivity index (χ1v) is 17.6. The Morgan fingerprint density at radius 2 is 1.10 bits per heavy atom. The summed E-state index contributed by atoms with van der Waals surface area (Å²) in [5.74, 6) is 0.